The third kappa shape index (κ3) is 4.58. The van der Waals surface area contributed by atoms with Crippen LogP contribution in [0.5, 0.6) is 0 Å². The summed E-state index contributed by atoms with van der Waals surface area (Å²) in [7, 11) is 0. The summed E-state index contributed by atoms with van der Waals surface area (Å²) in [4.78, 5) is 0. The van der Waals surface area contributed by atoms with Crippen molar-refractivity contribution < 1.29 is 0 Å². The van der Waals surface area contributed by atoms with E-state index in [1.807, 2.05) is 18.0 Å². The molecular weight excluding hydrogens is 218 g/mol. The van der Waals surface area contributed by atoms with E-state index in [4.69, 9.17) is 0 Å². The maximum absolute atomic E-state index is 4.04. The van der Waals surface area contributed by atoms with Crippen LogP contribution >= 0.6 is 11.8 Å². The van der Waals surface area contributed by atoms with E-state index in [9.17, 15) is 0 Å². The molecule has 1 unspecified atom stereocenters. The van der Waals surface area contributed by atoms with Crippen molar-refractivity contribution in [2.24, 2.45) is 0 Å². The molecule has 0 amide bonds. The highest BCUT2D eigenvalue weighted by Gasteiger charge is 2.12. The van der Waals surface area contributed by atoms with Crippen molar-refractivity contribution in [3.05, 3.63) is 17.5 Å². The van der Waals surface area contributed by atoms with Gasteiger partial charge in [0.2, 0.25) is 0 Å². The summed E-state index contributed by atoms with van der Waals surface area (Å²) >= 11 is 1.99. The molecule has 1 heterocycles. The Kier molecular flexibility index (Phi) is 4.87. The van der Waals surface area contributed by atoms with E-state index < -0.39 is 0 Å². The van der Waals surface area contributed by atoms with E-state index in [-0.39, 0.29) is 0 Å². The van der Waals surface area contributed by atoms with Gasteiger partial charge in [-0.3, -0.25) is 5.10 Å². The maximum Gasteiger partial charge on any atom is 0.0537 e. The number of nitrogens with zero attached hydrogens (tertiary/aromatic N) is 1. The van der Waals surface area contributed by atoms with E-state index in [2.05, 4.69) is 50.1 Å². The SMILES string of the molecule is Cc1[nH]ncc1C(C)NCCSC(C)(C)C. The Labute approximate surface area is 103 Å². The van der Waals surface area contributed by atoms with Crippen LogP contribution in [0.4, 0.5) is 0 Å². The molecule has 0 aromatic carbocycles. The van der Waals surface area contributed by atoms with Gasteiger partial charge in [-0.05, 0) is 13.8 Å². The Morgan fingerprint density at radius 2 is 2.19 bits per heavy atom. The molecule has 1 aromatic heterocycles. The second-order valence-corrected chi connectivity index (χ2v) is 7.01. The van der Waals surface area contributed by atoms with Crippen molar-refractivity contribution in [3.8, 4) is 0 Å². The molecule has 92 valence electrons. The Balaban J connectivity index is 2.26. The first-order chi connectivity index (χ1) is 7.40. The molecule has 4 heteroatoms. The lowest BCUT2D eigenvalue weighted by atomic mass is 10.1. The largest absolute Gasteiger partial charge is 0.309 e. The van der Waals surface area contributed by atoms with Crippen LogP contribution < -0.4 is 5.32 Å². The van der Waals surface area contributed by atoms with Crippen LogP contribution in [-0.2, 0) is 0 Å². The molecule has 0 aliphatic carbocycles. The number of nitrogens with one attached hydrogen (secondary N) is 2. The van der Waals surface area contributed by atoms with Crippen molar-refractivity contribution in [3.63, 3.8) is 0 Å². The standard InChI is InChI=1S/C12H23N3S/c1-9(11-8-14-15-10(11)2)13-6-7-16-12(3,4)5/h8-9,13H,6-7H2,1-5H3,(H,14,15). The van der Waals surface area contributed by atoms with Gasteiger partial charge in [0.1, 0.15) is 0 Å². The van der Waals surface area contributed by atoms with Gasteiger partial charge in [-0.25, -0.2) is 0 Å². The van der Waals surface area contributed by atoms with Crippen LogP contribution in [0.1, 0.15) is 45.0 Å². The summed E-state index contributed by atoms with van der Waals surface area (Å²) in [6, 6.07) is 0.374. The van der Waals surface area contributed by atoms with Gasteiger partial charge in [-0.1, -0.05) is 20.8 Å². The smallest absolute Gasteiger partial charge is 0.0537 e. The predicted octanol–water partition coefficient (Wildman–Crippen LogP) is 2.90. The zero-order valence-electron chi connectivity index (χ0n) is 10.9. The lowest BCUT2D eigenvalue weighted by molar-refractivity contribution is 0.597. The molecule has 1 atom stereocenters. The average Bonchev–Trinajstić information content (AvgIpc) is 2.57. The van der Waals surface area contributed by atoms with Gasteiger partial charge in [0.15, 0.2) is 0 Å². The molecule has 0 bridgehead atoms. The zero-order valence-corrected chi connectivity index (χ0v) is 11.7. The number of rotatable bonds is 5. The first kappa shape index (κ1) is 13.6. The molecule has 0 fully saturated rings. The number of aryl methyl sites for hydroxylation is 1. The summed E-state index contributed by atoms with van der Waals surface area (Å²) < 4.78 is 0.358. The number of hydrogen-bond donors (Lipinski definition) is 2. The fraction of sp³-hybridized carbons (Fsp3) is 0.750. The van der Waals surface area contributed by atoms with Gasteiger partial charge in [-0.2, -0.15) is 16.9 Å². The van der Waals surface area contributed by atoms with E-state index in [1.54, 1.807) is 0 Å². The van der Waals surface area contributed by atoms with E-state index in [0.717, 1.165) is 18.0 Å². The Bertz CT molecular complexity index is 314. The van der Waals surface area contributed by atoms with Crippen LogP contribution in [0.2, 0.25) is 0 Å². The molecule has 0 radical (unpaired) electrons. The molecule has 16 heavy (non-hydrogen) atoms. The predicted molar refractivity (Wildman–Crippen MR) is 72.0 cm³/mol. The summed E-state index contributed by atoms with van der Waals surface area (Å²) in [6.45, 7) is 12.0. The van der Waals surface area contributed by atoms with Crippen molar-refractivity contribution in [2.75, 3.05) is 12.3 Å². The molecule has 0 spiro atoms. The minimum Gasteiger partial charge on any atom is -0.309 e. The van der Waals surface area contributed by atoms with Crippen LogP contribution in [0, 0.1) is 6.92 Å². The average molecular weight is 241 g/mol. The van der Waals surface area contributed by atoms with Crippen LogP contribution in [0.25, 0.3) is 0 Å². The molecule has 3 nitrogen and oxygen atoms in total. The van der Waals surface area contributed by atoms with Crippen molar-refractivity contribution >= 4 is 11.8 Å². The van der Waals surface area contributed by atoms with Gasteiger partial charge in [-0.15, -0.1) is 0 Å². The van der Waals surface area contributed by atoms with E-state index >= 15 is 0 Å². The molecule has 1 rings (SSSR count). The van der Waals surface area contributed by atoms with E-state index in [1.165, 1.54) is 5.56 Å². The van der Waals surface area contributed by atoms with Crippen LogP contribution in [-0.4, -0.2) is 27.2 Å². The van der Waals surface area contributed by atoms with Gasteiger partial charge in [0.05, 0.1) is 6.20 Å². The highest BCUT2D eigenvalue weighted by atomic mass is 32.2. The molecule has 0 aliphatic heterocycles. The number of aromatic nitrogens is 2. The quantitative estimate of drug-likeness (QED) is 0.779. The normalized spacial score (nSPS) is 14.1. The van der Waals surface area contributed by atoms with Crippen LogP contribution in [0.15, 0.2) is 6.20 Å². The van der Waals surface area contributed by atoms with Gasteiger partial charge in [0.25, 0.3) is 0 Å². The fourth-order valence-electron chi connectivity index (χ4n) is 1.54. The third-order valence-electron chi connectivity index (χ3n) is 2.42. The Hall–Kier alpha value is -0.480. The van der Waals surface area contributed by atoms with E-state index in [0.29, 0.717) is 10.8 Å². The number of H-pyrrole nitrogens is 1. The number of hydrogen-bond acceptors (Lipinski definition) is 3. The van der Waals surface area contributed by atoms with Crippen molar-refractivity contribution in [1.82, 2.24) is 15.5 Å². The molecule has 2 N–H and O–H groups in total. The van der Waals surface area contributed by atoms with Gasteiger partial charge in [0, 0.05) is 34.3 Å². The maximum atomic E-state index is 4.04. The monoisotopic (exact) mass is 241 g/mol. The first-order valence-corrected chi connectivity index (χ1v) is 6.76. The second-order valence-electron chi connectivity index (χ2n) is 5.09. The second kappa shape index (κ2) is 5.73. The zero-order chi connectivity index (χ0) is 12.2. The van der Waals surface area contributed by atoms with Gasteiger partial charge >= 0.3 is 0 Å². The molecular formula is C12H23N3S. The minimum absolute atomic E-state index is 0.358. The third-order valence-corrected chi connectivity index (χ3v) is 3.70. The molecule has 0 aliphatic rings. The van der Waals surface area contributed by atoms with Crippen LogP contribution in [0.3, 0.4) is 0 Å². The highest BCUT2D eigenvalue weighted by Crippen LogP contribution is 2.22. The summed E-state index contributed by atoms with van der Waals surface area (Å²) in [5.41, 5.74) is 2.42. The van der Waals surface area contributed by atoms with Gasteiger partial charge < -0.3 is 5.32 Å². The highest BCUT2D eigenvalue weighted by molar-refractivity contribution is 8.00. The number of aromatic amines is 1. The summed E-state index contributed by atoms with van der Waals surface area (Å²) in [5, 5.41) is 10.5. The Morgan fingerprint density at radius 1 is 1.50 bits per heavy atom. The molecule has 0 saturated carbocycles. The molecule has 1 aromatic rings. The minimum atomic E-state index is 0.358. The van der Waals surface area contributed by atoms with Crippen molar-refractivity contribution in [1.29, 1.82) is 0 Å². The lowest BCUT2D eigenvalue weighted by Gasteiger charge is -2.19. The molecule has 0 saturated heterocycles. The topological polar surface area (TPSA) is 40.7 Å². The lowest BCUT2D eigenvalue weighted by Crippen LogP contribution is -2.23. The van der Waals surface area contributed by atoms with Crippen molar-refractivity contribution in [2.45, 2.75) is 45.4 Å². The Morgan fingerprint density at radius 3 is 2.69 bits per heavy atom. The number of thioether (sulfide) groups is 1. The summed E-state index contributed by atoms with van der Waals surface area (Å²) in [5.74, 6) is 1.14. The first-order valence-electron chi connectivity index (χ1n) is 5.77. The fourth-order valence-corrected chi connectivity index (χ4v) is 2.37. The summed E-state index contributed by atoms with van der Waals surface area (Å²) in [6.07, 6.45) is 1.91.